The third-order valence-electron chi connectivity index (χ3n) is 3.93. The van der Waals surface area contributed by atoms with Crippen LogP contribution in [0.3, 0.4) is 0 Å². The van der Waals surface area contributed by atoms with E-state index in [2.05, 4.69) is 4.99 Å². The lowest BCUT2D eigenvalue weighted by Crippen LogP contribution is -2.13. The second-order valence-corrected chi connectivity index (χ2v) is 8.10. The van der Waals surface area contributed by atoms with Crippen molar-refractivity contribution in [2.24, 2.45) is 12.0 Å². The number of ether oxygens (including phenoxy) is 1. The van der Waals surface area contributed by atoms with Crippen molar-refractivity contribution in [2.75, 3.05) is 12.4 Å². The van der Waals surface area contributed by atoms with Gasteiger partial charge >= 0.3 is 0 Å². The SMILES string of the molecule is CCOc1ccc2c(c1)sc(=NC(=O)CCCSc1ccc(F)cc1)n2C. The topological polar surface area (TPSA) is 43.6 Å². The van der Waals surface area contributed by atoms with Gasteiger partial charge in [-0.2, -0.15) is 4.99 Å². The van der Waals surface area contributed by atoms with Crippen molar-refractivity contribution in [3.8, 4) is 5.75 Å². The Morgan fingerprint density at radius 1 is 1.26 bits per heavy atom. The number of thiazole rings is 1. The van der Waals surface area contributed by atoms with Crippen LogP contribution in [0.25, 0.3) is 10.2 Å². The van der Waals surface area contributed by atoms with Crippen molar-refractivity contribution in [1.82, 2.24) is 4.57 Å². The van der Waals surface area contributed by atoms with E-state index < -0.39 is 0 Å². The Morgan fingerprint density at radius 2 is 2.04 bits per heavy atom. The number of nitrogens with zero attached hydrogens (tertiary/aromatic N) is 2. The fraction of sp³-hybridized carbons (Fsp3) is 0.300. The van der Waals surface area contributed by atoms with Crippen molar-refractivity contribution < 1.29 is 13.9 Å². The molecule has 0 bridgehead atoms. The lowest BCUT2D eigenvalue weighted by molar-refractivity contribution is -0.118. The van der Waals surface area contributed by atoms with Gasteiger partial charge in [-0.05, 0) is 61.6 Å². The molecule has 0 atom stereocenters. The number of amides is 1. The Bertz CT molecular complexity index is 993. The first kappa shape index (κ1) is 19.6. The summed E-state index contributed by atoms with van der Waals surface area (Å²) in [4.78, 5) is 18.2. The zero-order chi connectivity index (χ0) is 19.2. The predicted octanol–water partition coefficient (Wildman–Crippen LogP) is 4.78. The summed E-state index contributed by atoms with van der Waals surface area (Å²) in [6.45, 7) is 2.57. The van der Waals surface area contributed by atoms with Gasteiger partial charge in [0, 0.05) is 18.4 Å². The molecule has 27 heavy (non-hydrogen) atoms. The maximum atomic E-state index is 12.9. The summed E-state index contributed by atoms with van der Waals surface area (Å²) in [5, 5.41) is 0. The van der Waals surface area contributed by atoms with E-state index in [0.29, 0.717) is 17.8 Å². The van der Waals surface area contributed by atoms with Crippen LogP contribution in [0.15, 0.2) is 52.4 Å². The van der Waals surface area contributed by atoms with Crippen LogP contribution in [0, 0.1) is 5.82 Å². The second kappa shape index (κ2) is 9.19. The monoisotopic (exact) mass is 404 g/mol. The van der Waals surface area contributed by atoms with Gasteiger partial charge in [0.1, 0.15) is 11.6 Å². The summed E-state index contributed by atoms with van der Waals surface area (Å²) in [5.74, 6) is 1.26. The van der Waals surface area contributed by atoms with Crippen molar-refractivity contribution in [3.63, 3.8) is 0 Å². The van der Waals surface area contributed by atoms with E-state index in [-0.39, 0.29) is 11.7 Å². The smallest absolute Gasteiger partial charge is 0.248 e. The molecule has 4 nitrogen and oxygen atoms in total. The highest BCUT2D eigenvalue weighted by molar-refractivity contribution is 7.99. The molecule has 3 aromatic rings. The van der Waals surface area contributed by atoms with Gasteiger partial charge in [0.2, 0.25) is 5.91 Å². The van der Waals surface area contributed by atoms with E-state index in [1.165, 1.54) is 23.5 Å². The van der Waals surface area contributed by atoms with Crippen LogP contribution in [-0.4, -0.2) is 22.8 Å². The first-order valence-corrected chi connectivity index (χ1v) is 10.6. The number of aromatic nitrogens is 1. The lowest BCUT2D eigenvalue weighted by Gasteiger charge is -2.02. The van der Waals surface area contributed by atoms with Crippen molar-refractivity contribution in [2.45, 2.75) is 24.7 Å². The molecule has 3 rings (SSSR count). The third-order valence-corrected chi connectivity index (χ3v) is 6.12. The van der Waals surface area contributed by atoms with Gasteiger partial charge in [0.05, 0.1) is 16.8 Å². The zero-order valence-electron chi connectivity index (χ0n) is 15.3. The third kappa shape index (κ3) is 5.20. The van der Waals surface area contributed by atoms with Crippen molar-refractivity contribution >= 4 is 39.2 Å². The standard InChI is InChI=1S/C20H21FN2O2S2/c1-3-25-15-8-11-17-18(13-15)27-20(23(17)2)22-19(24)5-4-12-26-16-9-6-14(21)7-10-16/h6-11,13H,3-5,12H2,1-2H3. The Labute approximate surface area is 165 Å². The number of carbonyl (C=O) groups is 1. The van der Waals surface area contributed by atoms with Crippen molar-refractivity contribution in [3.05, 3.63) is 53.1 Å². The molecule has 0 aliphatic carbocycles. The second-order valence-electron chi connectivity index (χ2n) is 5.92. The number of thioether (sulfide) groups is 1. The van der Waals surface area contributed by atoms with Gasteiger partial charge in [0.25, 0.3) is 0 Å². The highest BCUT2D eigenvalue weighted by Crippen LogP contribution is 2.23. The lowest BCUT2D eigenvalue weighted by atomic mass is 10.3. The molecule has 7 heteroatoms. The molecule has 1 heterocycles. The maximum absolute atomic E-state index is 12.9. The minimum atomic E-state index is -0.238. The van der Waals surface area contributed by atoms with Crippen LogP contribution in [0.2, 0.25) is 0 Å². The van der Waals surface area contributed by atoms with E-state index in [4.69, 9.17) is 4.74 Å². The Kier molecular flexibility index (Phi) is 6.68. The number of hydrogen-bond donors (Lipinski definition) is 0. The molecule has 1 aromatic heterocycles. The quantitative estimate of drug-likeness (QED) is 0.421. The number of hydrogen-bond acceptors (Lipinski definition) is 4. The molecule has 1 amide bonds. The van der Waals surface area contributed by atoms with Gasteiger partial charge in [-0.15, -0.1) is 11.8 Å². The Hall–Kier alpha value is -2.12. The van der Waals surface area contributed by atoms with Gasteiger partial charge in [0.15, 0.2) is 4.80 Å². The van der Waals surface area contributed by atoms with E-state index in [1.54, 1.807) is 23.9 Å². The molecule has 2 aromatic carbocycles. The molecule has 0 saturated heterocycles. The highest BCUT2D eigenvalue weighted by Gasteiger charge is 2.07. The average molecular weight is 405 g/mol. The largest absolute Gasteiger partial charge is 0.494 e. The number of carbonyl (C=O) groups excluding carboxylic acids is 1. The number of halogens is 1. The van der Waals surface area contributed by atoms with E-state index in [0.717, 1.165) is 33.0 Å². The molecule has 142 valence electrons. The van der Waals surface area contributed by atoms with Crippen molar-refractivity contribution in [1.29, 1.82) is 0 Å². The summed E-state index contributed by atoms with van der Waals surface area (Å²) in [7, 11) is 1.91. The van der Waals surface area contributed by atoms with Crippen LogP contribution < -0.4 is 9.54 Å². The minimum Gasteiger partial charge on any atom is -0.494 e. The fourth-order valence-corrected chi connectivity index (χ4v) is 4.50. The molecular weight excluding hydrogens is 383 g/mol. The molecule has 0 aliphatic heterocycles. The Balaban J connectivity index is 1.60. The normalized spacial score (nSPS) is 11.9. The van der Waals surface area contributed by atoms with Crippen LogP contribution >= 0.6 is 23.1 Å². The first-order valence-electron chi connectivity index (χ1n) is 8.75. The van der Waals surface area contributed by atoms with Gasteiger partial charge in [-0.25, -0.2) is 4.39 Å². The maximum Gasteiger partial charge on any atom is 0.248 e. The molecule has 0 radical (unpaired) electrons. The number of fused-ring (bicyclic) bond motifs is 1. The first-order chi connectivity index (χ1) is 13.1. The van der Waals surface area contributed by atoms with E-state index in [1.807, 2.05) is 36.7 Å². The van der Waals surface area contributed by atoms with Gasteiger partial charge in [-0.3, -0.25) is 4.79 Å². The fourth-order valence-electron chi connectivity index (χ4n) is 2.58. The van der Waals surface area contributed by atoms with E-state index in [9.17, 15) is 9.18 Å². The summed E-state index contributed by atoms with van der Waals surface area (Å²) in [6, 6.07) is 12.3. The molecule has 0 unspecified atom stereocenters. The Morgan fingerprint density at radius 3 is 2.78 bits per heavy atom. The molecular formula is C20H21FN2O2S2. The molecule has 0 saturated carbocycles. The van der Waals surface area contributed by atoms with Crippen LogP contribution in [0.5, 0.6) is 5.75 Å². The van der Waals surface area contributed by atoms with Crippen LogP contribution in [0.4, 0.5) is 4.39 Å². The van der Waals surface area contributed by atoms with Gasteiger partial charge < -0.3 is 9.30 Å². The van der Waals surface area contributed by atoms with Gasteiger partial charge in [-0.1, -0.05) is 11.3 Å². The molecule has 0 spiro atoms. The molecule has 0 fully saturated rings. The number of rotatable bonds is 7. The number of benzene rings is 2. The molecule has 0 N–H and O–H groups in total. The summed E-state index contributed by atoms with van der Waals surface area (Å²) < 4.78 is 21.4. The average Bonchev–Trinajstić information content (AvgIpc) is 2.95. The number of aryl methyl sites for hydroxylation is 1. The summed E-state index contributed by atoms with van der Waals surface area (Å²) >= 11 is 3.10. The summed E-state index contributed by atoms with van der Waals surface area (Å²) in [5.41, 5.74) is 1.03. The van der Waals surface area contributed by atoms with Crippen LogP contribution in [0.1, 0.15) is 19.8 Å². The summed E-state index contributed by atoms with van der Waals surface area (Å²) in [6.07, 6.45) is 1.13. The molecule has 0 aliphatic rings. The zero-order valence-corrected chi connectivity index (χ0v) is 16.9. The van der Waals surface area contributed by atoms with Crippen LogP contribution in [-0.2, 0) is 11.8 Å². The minimum absolute atomic E-state index is 0.123. The van der Waals surface area contributed by atoms with E-state index >= 15 is 0 Å². The predicted molar refractivity (Wildman–Crippen MR) is 109 cm³/mol. The highest BCUT2D eigenvalue weighted by atomic mass is 32.2.